The van der Waals surface area contributed by atoms with Crippen molar-refractivity contribution in [3.05, 3.63) is 104 Å². The quantitative estimate of drug-likeness (QED) is 0.392. The van der Waals surface area contributed by atoms with Crippen LogP contribution in [0.25, 0.3) is 5.76 Å². The number of hydrogen-bond donors (Lipinski definition) is 2. The third kappa shape index (κ3) is 3.81. The highest BCUT2D eigenvalue weighted by atomic mass is 35.5. The maximum atomic E-state index is 13.3. The van der Waals surface area contributed by atoms with E-state index in [1.807, 2.05) is 65.7 Å². The Morgan fingerprint density at radius 1 is 1.09 bits per heavy atom. The van der Waals surface area contributed by atoms with Gasteiger partial charge in [-0.3, -0.25) is 15.1 Å². The lowest BCUT2D eigenvalue weighted by Gasteiger charge is -2.41. The molecular formula is C27H23ClN2O2S. The Balaban J connectivity index is 1.80. The molecule has 1 aliphatic heterocycles. The number of aliphatic hydroxyl groups is 1. The van der Waals surface area contributed by atoms with Crippen LogP contribution in [0, 0.1) is 12.3 Å². The summed E-state index contributed by atoms with van der Waals surface area (Å²) in [6.45, 7) is 1.99. The Morgan fingerprint density at radius 2 is 1.82 bits per heavy atom. The van der Waals surface area contributed by atoms with Gasteiger partial charge in [0.05, 0.1) is 11.5 Å². The van der Waals surface area contributed by atoms with Gasteiger partial charge >= 0.3 is 0 Å². The summed E-state index contributed by atoms with van der Waals surface area (Å²) < 4.78 is 0. The van der Waals surface area contributed by atoms with Crippen LogP contribution in [0.3, 0.4) is 0 Å². The lowest BCUT2D eigenvalue weighted by Crippen LogP contribution is -2.42. The van der Waals surface area contributed by atoms with E-state index in [2.05, 4.69) is 0 Å². The second-order valence-corrected chi connectivity index (χ2v) is 9.79. The molecule has 166 valence electrons. The molecule has 2 heterocycles. The predicted octanol–water partition coefficient (Wildman–Crippen LogP) is 7.27. The van der Waals surface area contributed by atoms with Crippen molar-refractivity contribution in [3.8, 4) is 0 Å². The average molecular weight is 475 g/mol. The van der Waals surface area contributed by atoms with Crippen molar-refractivity contribution in [2.75, 3.05) is 4.90 Å². The summed E-state index contributed by atoms with van der Waals surface area (Å²) in [5.74, 6) is -0.176. The molecule has 0 saturated carbocycles. The summed E-state index contributed by atoms with van der Waals surface area (Å²) in [4.78, 5) is 16.1. The average Bonchev–Trinajstić information content (AvgIpc) is 3.34. The normalized spacial score (nSPS) is 20.2. The minimum absolute atomic E-state index is 0.0299. The number of ketones is 1. The van der Waals surface area contributed by atoms with Crippen molar-refractivity contribution in [2.45, 2.75) is 32.1 Å². The Bertz CT molecular complexity index is 1290. The topological polar surface area (TPSA) is 64.4 Å². The number of allylic oxidation sites excluding steroid dienone is 2. The van der Waals surface area contributed by atoms with Crippen molar-refractivity contribution in [1.29, 1.82) is 5.41 Å². The third-order valence-corrected chi connectivity index (χ3v) is 7.44. The van der Waals surface area contributed by atoms with E-state index in [4.69, 9.17) is 11.6 Å². The van der Waals surface area contributed by atoms with E-state index in [-0.39, 0.29) is 17.4 Å². The van der Waals surface area contributed by atoms with Crippen LogP contribution in [0.5, 0.6) is 0 Å². The zero-order valence-corrected chi connectivity index (χ0v) is 19.7. The monoisotopic (exact) mass is 474 g/mol. The number of benzene rings is 2. The van der Waals surface area contributed by atoms with E-state index < -0.39 is 5.92 Å². The number of rotatable bonds is 3. The molecule has 2 N–H and O–H groups in total. The second-order valence-electron chi connectivity index (χ2n) is 8.37. The van der Waals surface area contributed by atoms with E-state index in [0.29, 0.717) is 34.6 Å². The molecule has 0 saturated heterocycles. The molecule has 1 aromatic heterocycles. The summed E-state index contributed by atoms with van der Waals surface area (Å²) in [5.41, 5.74) is 4.45. The Hall–Kier alpha value is -3.15. The Morgan fingerprint density at radius 3 is 2.48 bits per heavy atom. The summed E-state index contributed by atoms with van der Waals surface area (Å²) in [5, 5.41) is 23.4. The number of aryl methyl sites for hydroxylation is 1. The maximum Gasteiger partial charge on any atom is 0.161 e. The molecule has 0 fully saturated rings. The largest absolute Gasteiger partial charge is 0.507 e. The number of hydrogen-bond acceptors (Lipinski definition) is 4. The van der Waals surface area contributed by atoms with Crippen molar-refractivity contribution < 1.29 is 9.90 Å². The van der Waals surface area contributed by atoms with Crippen LogP contribution in [-0.2, 0) is 4.79 Å². The van der Waals surface area contributed by atoms with Crippen molar-refractivity contribution >= 4 is 46.0 Å². The van der Waals surface area contributed by atoms with Gasteiger partial charge in [0.1, 0.15) is 11.6 Å². The predicted molar refractivity (Wildman–Crippen MR) is 135 cm³/mol. The van der Waals surface area contributed by atoms with Crippen LogP contribution in [0.4, 0.5) is 5.69 Å². The van der Waals surface area contributed by atoms with E-state index >= 15 is 0 Å². The van der Waals surface area contributed by atoms with Gasteiger partial charge in [-0.15, -0.1) is 11.3 Å². The molecule has 33 heavy (non-hydrogen) atoms. The van der Waals surface area contributed by atoms with Gasteiger partial charge in [0.25, 0.3) is 0 Å². The van der Waals surface area contributed by atoms with Crippen LogP contribution < -0.4 is 4.90 Å². The molecule has 1 aliphatic carbocycles. The molecule has 4 nitrogen and oxygen atoms in total. The van der Waals surface area contributed by atoms with Gasteiger partial charge in [0.2, 0.25) is 0 Å². The molecule has 0 spiro atoms. The lowest BCUT2D eigenvalue weighted by atomic mass is 9.76. The van der Waals surface area contributed by atoms with Crippen LogP contribution in [0.15, 0.2) is 82.9 Å². The summed E-state index contributed by atoms with van der Waals surface area (Å²) >= 11 is 7.67. The first-order valence-electron chi connectivity index (χ1n) is 10.9. The molecule has 0 amide bonds. The van der Waals surface area contributed by atoms with Gasteiger partial charge in [0.15, 0.2) is 5.78 Å². The maximum absolute atomic E-state index is 13.3. The molecule has 3 aromatic rings. The van der Waals surface area contributed by atoms with Crippen LogP contribution in [0.2, 0.25) is 5.02 Å². The zero-order valence-electron chi connectivity index (χ0n) is 18.1. The van der Waals surface area contributed by atoms with Crippen LogP contribution in [0.1, 0.15) is 41.2 Å². The molecular weight excluding hydrogens is 452 g/mol. The van der Waals surface area contributed by atoms with E-state index in [1.165, 1.54) is 0 Å². The van der Waals surface area contributed by atoms with Crippen molar-refractivity contribution in [1.82, 2.24) is 0 Å². The highest BCUT2D eigenvalue weighted by Gasteiger charge is 2.43. The van der Waals surface area contributed by atoms with Gasteiger partial charge in [-0.1, -0.05) is 47.5 Å². The fraction of sp³-hybridized carbons (Fsp3) is 0.185. The number of halogens is 1. The summed E-state index contributed by atoms with van der Waals surface area (Å²) in [6.07, 6.45) is 1.92. The number of nitrogens with zero attached hydrogens (tertiary/aromatic N) is 1. The third-order valence-electron chi connectivity index (χ3n) is 6.25. The number of Topliss-reactive ketones (excluding diaryl/α,β-unsaturated/α-hetero) is 1. The smallest absolute Gasteiger partial charge is 0.161 e. The molecule has 1 unspecified atom stereocenters. The SMILES string of the molecule is Cc1ccc(/C(O)=C2\C(=N)N(c3ccc(Cl)cc3)C3=C(C(=O)CCC3)C2c2cccs2)cc1. The standard InChI is InChI=1S/C27H23ClN2O2S/c1-16-7-9-17(10-8-16)26(32)25-24(22-6-3-15-33-22)23-20(4-2-5-21(23)31)30(27(25)29)19-13-11-18(28)12-14-19/h3,6-15,24,29,32H,2,4-5H2,1H3/b26-25+,29-27?. The highest BCUT2D eigenvalue weighted by Crippen LogP contribution is 2.48. The highest BCUT2D eigenvalue weighted by molar-refractivity contribution is 7.10. The fourth-order valence-corrected chi connectivity index (χ4v) is 5.64. The molecule has 1 atom stereocenters. The molecule has 2 aliphatic rings. The number of anilines is 1. The molecule has 0 bridgehead atoms. The first kappa shape index (κ1) is 21.7. The van der Waals surface area contributed by atoms with Gasteiger partial charge in [-0.25, -0.2) is 0 Å². The van der Waals surface area contributed by atoms with Crippen molar-refractivity contribution in [3.63, 3.8) is 0 Å². The van der Waals surface area contributed by atoms with Gasteiger partial charge in [-0.05, 0) is 55.5 Å². The first-order chi connectivity index (χ1) is 16.0. The van der Waals surface area contributed by atoms with Crippen molar-refractivity contribution in [2.24, 2.45) is 0 Å². The van der Waals surface area contributed by atoms with Gasteiger partial charge < -0.3 is 5.11 Å². The van der Waals surface area contributed by atoms with E-state index in [0.717, 1.165) is 28.2 Å². The number of amidine groups is 1. The molecule has 2 aromatic carbocycles. The van der Waals surface area contributed by atoms with Gasteiger partial charge in [-0.2, -0.15) is 0 Å². The number of thiophene rings is 1. The lowest BCUT2D eigenvalue weighted by molar-refractivity contribution is -0.116. The molecule has 0 radical (unpaired) electrons. The minimum atomic E-state index is -0.467. The van der Waals surface area contributed by atoms with Crippen LogP contribution >= 0.6 is 22.9 Å². The molecule has 5 rings (SSSR count). The second kappa shape index (κ2) is 8.65. The summed E-state index contributed by atoms with van der Waals surface area (Å²) in [7, 11) is 0. The number of carbonyl (C=O) groups is 1. The zero-order chi connectivity index (χ0) is 23.1. The van der Waals surface area contributed by atoms with E-state index in [9.17, 15) is 15.3 Å². The Kier molecular flexibility index (Phi) is 5.69. The van der Waals surface area contributed by atoms with E-state index in [1.54, 1.807) is 23.5 Å². The summed E-state index contributed by atoms with van der Waals surface area (Å²) in [6, 6.07) is 18.8. The minimum Gasteiger partial charge on any atom is -0.507 e. The number of aliphatic hydroxyl groups excluding tert-OH is 1. The first-order valence-corrected chi connectivity index (χ1v) is 12.2. The number of carbonyl (C=O) groups excluding carboxylic acids is 1. The van der Waals surface area contributed by atoms with Gasteiger partial charge in [0, 0.05) is 38.8 Å². The number of nitrogens with one attached hydrogen (secondary N) is 1. The van der Waals surface area contributed by atoms with Crippen LogP contribution in [-0.4, -0.2) is 16.7 Å². The Labute approximate surface area is 202 Å². The fourth-order valence-electron chi connectivity index (χ4n) is 4.67. The molecule has 6 heteroatoms.